The van der Waals surface area contributed by atoms with Crippen LogP contribution in [-0.4, -0.2) is 50.3 Å². The number of hydrogen-bond acceptors (Lipinski definition) is 3. The van der Waals surface area contributed by atoms with Crippen LogP contribution in [0.5, 0.6) is 0 Å². The number of hydrogen-bond donors (Lipinski definition) is 0. The first-order valence-corrected chi connectivity index (χ1v) is 9.94. The van der Waals surface area contributed by atoms with Crippen LogP contribution in [0.3, 0.4) is 0 Å². The summed E-state index contributed by atoms with van der Waals surface area (Å²) in [5, 5.41) is 0. The highest BCUT2D eigenvalue weighted by Gasteiger charge is 2.29. The zero-order valence-electron chi connectivity index (χ0n) is 13.8. The van der Waals surface area contributed by atoms with Gasteiger partial charge in [0.25, 0.3) is 0 Å². The molecule has 1 aliphatic carbocycles. The molecular formula is C18H26N2O2S. The Morgan fingerprint density at radius 1 is 1.04 bits per heavy atom. The van der Waals surface area contributed by atoms with Crippen molar-refractivity contribution in [3.8, 4) is 0 Å². The molecule has 0 radical (unpaired) electrons. The highest BCUT2D eigenvalue weighted by molar-refractivity contribution is 7.89. The van der Waals surface area contributed by atoms with E-state index in [9.17, 15) is 8.42 Å². The van der Waals surface area contributed by atoms with Crippen LogP contribution in [0.25, 0.3) is 0 Å². The van der Waals surface area contributed by atoms with E-state index in [1.807, 2.05) is 19.1 Å². The fourth-order valence-corrected chi connectivity index (χ4v) is 4.82. The van der Waals surface area contributed by atoms with E-state index in [0.717, 1.165) is 31.1 Å². The third-order valence-corrected chi connectivity index (χ3v) is 6.80. The summed E-state index contributed by atoms with van der Waals surface area (Å²) in [6.45, 7) is 5.94. The minimum absolute atomic E-state index is 0.411. The molecule has 2 aliphatic rings. The van der Waals surface area contributed by atoms with Gasteiger partial charge in [-0.05, 0) is 44.2 Å². The van der Waals surface area contributed by atoms with Crippen molar-refractivity contribution >= 4 is 10.0 Å². The second-order valence-corrected chi connectivity index (χ2v) is 8.61. The Morgan fingerprint density at radius 3 is 2.35 bits per heavy atom. The van der Waals surface area contributed by atoms with Gasteiger partial charge in [0.2, 0.25) is 10.0 Å². The smallest absolute Gasteiger partial charge is 0.243 e. The van der Waals surface area contributed by atoms with Gasteiger partial charge >= 0.3 is 0 Å². The summed E-state index contributed by atoms with van der Waals surface area (Å²) in [6.07, 6.45) is 8.17. The van der Waals surface area contributed by atoms with E-state index in [1.54, 1.807) is 16.4 Å². The third-order valence-electron chi connectivity index (χ3n) is 4.88. The number of sulfonamides is 1. The van der Waals surface area contributed by atoms with E-state index in [2.05, 4.69) is 17.1 Å². The molecule has 4 nitrogen and oxygen atoms in total. The molecule has 1 aliphatic heterocycles. The summed E-state index contributed by atoms with van der Waals surface area (Å²) in [5.74, 6) is 0.736. The lowest BCUT2D eigenvalue weighted by Gasteiger charge is -2.36. The van der Waals surface area contributed by atoms with Gasteiger partial charge in [-0.3, -0.25) is 0 Å². The van der Waals surface area contributed by atoms with Gasteiger partial charge in [0.05, 0.1) is 4.90 Å². The van der Waals surface area contributed by atoms with Crippen LogP contribution in [0.1, 0.15) is 24.8 Å². The summed E-state index contributed by atoms with van der Waals surface area (Å²) in [5.41, 5.74) is 1.08. The first-order valence-electron chi connectivity index (χ1n) is 8.50. The molecule has 0 spiro atoms. The van der Waals surface area contributed by atoms with Crippen LogP contribution in [0, 0.1) is 12.8 Å². The molecule has 126 valence electrons. The van der Waals surface area contributed by atoms with Gasteiger partial charge in [0.15, 0.2) is 0 Å². The Labute approximate surface area is 139 Å². The molecule has 1 unspecified atom stereocenters. The van der Waals surface area contributed by atoms with Gasteiger partial charge in [0.1, 0.15) is 0 Å². The standard InChI is InChI=1S/C18H26N2O2S/c1-16-7-9-18(10-8-16)23(21,22)20-13-11-19(12-14-20)15-17-5-3-2-4-6-17/h2-3,7-10,17H,4-6,11-15H2,1H3. The summed E-state index contributed by atoms with van der Waals surface area (Å²) < 4.78 is 27.0. The number of benzene rings is 1. The van der Waals surface area contributed by atoms with Crippen molar-refractivity contribution in [3.05, 3.63) is 42.0 Å². The zero-order valence-corrected chi connectivity index (χ0v) is 14.6. The zero-order chi connectivity index (χ0) is 16.3. The Morgan fingerprint density at radius 2 is 1.74 bits per heavy atom. The predicted octanol–water partition coefficient (Wildman–Crippen LogP) is 2.66. The van der Waals surface area contributed by atoms with E-state index in [-0.39, 0.29) is 0 Å². The van der Waals surface area contributed by atoms with Crippen LogP contribution in [-0.2, 0) is 10.0 Å². The second-order valence-electron chi connectivity index (χ2n) is 6.67. The molecule has 0 saturated carbocycles. The number of aryl methyl sites for hydroxylation is 1. The number of piperazine rings is 1. The van der Waals surface area contributed by atoms with Gasteiger partial charge in [-0.1, -0.05) is 29.8 Å². The van der Waals surface area contributed by atoms with Crippen molar-refractivity contribution in [2.75, 3.05) is 32.7 Å². The maximum Gasteiger partial charge on any atom is 0.243 e. The molecule has 1 saturated heterocycles. The molecule has 0 aromatic heterocycles. The van der Waals surface area contributed by atoms with Crippen LogP contribution in [0.2, 0.25) is 0 Å². The normalized spacial score (nSPS) is 24.0. The third kappa shape index (κ3) is 4.03. The fraction of sp³-hybridized carbons (Fsp3) is 0.556. The lowest BCUT2D eigenvalue weighted by Crippen LogP contribution is -2.49. The van der Waals surface area contributed by atoms with Gasteiger partial charge in [-0.2, -0.15) is 4.31 Å². The monoisotopic (exact) mass is 334 g/mol. The topological polar surface area (TPSA) is 40.6 Å². The van der Waals surface area contributed by atoms with Crippen molar-refractivity contribution in [1.82, 2.24) is 9.21 Å². The molecular weight excluding hydrogens is 308 g/mol. The van der Waals surface area contributed by atoms with E-state index >= 15 is 0 Å². The molecule has 0 N–H and O–H groups in total. The summed E-state index contributed by atoms with van der Waals surface area (Å²) in [7, 11) is -3.34. The quantitative estimate of drug-likeness (QED) is 0.795. The van der Waals surface area contributed by atoms with Crippen LogP contribution in [0.4, 0.5) is 0 Å². The summed E-state index contributed by atoms with van der Waals surface area (Å²) in [4.78, 5) is 2.83. The van der Waals surface area contributed by atoms with Crippen LogP contribution >= 0.6 is 0 Å². The SMILES string of the molecule is Cc1ccc(S(=O)(=O)N2CCN(CC3CC=CCC3)CC2)cc1. The number of nitrogens with zero attached hydrogens (tertiary/aromatic N) is 2. The molecule has 1 aromatic carbocycles. The lowest BCUT2D eigenvalue weighted by atomic mass is 9.94. The Kier molecular flexibility index (Phi) is 5.19. The number of allylic oxidation sites excluding steroid dienone is 2. The molecule has 23 heavy (non-hydrogen) atoms. The summed E-state index contributed by atoms with van der Waals surface area (Å²) >= 11 is 0. The minimum atomic E-state index is -3.34. The van der Waals surface area contributed by atoms with E-state index in [4.69, 9.17) is 0 Å². The minimum Gasteiger partial charge on any atom is -0.300 e. The Balaban J connectivity index is 1.57. The largest absolute Gasteiger partial charge is 0.300 e. The fourth-order valence-electron chi connectivity index (χ4n) is 3.40. The van der Waals surface area contributed by atoms with Crippen molar-refractivity contribution in [3.63, 3.8) is 0 Å². The lowest BCUT2D eigenvalue weighted by molar-refractivity contribution is 0.161. The maximum absolute atomic E-state index is 12.7. The maximum atomic E-state index is 12.7. The highest BCUT2D eigenvalue weighted by Crippen LogP contribution is 2.22. The number of rotatable bonds is 4. The Hall–Kier alpha value is -1.17. The summed E-state index contributed by atoms with van der Waals surface area (Å²) in [6, 6.07) is 7.15. The van der Waals surface area contributed by atoms with Gasteiger partial charge in [0, 0.05) is 32.7 Å². The molecule has 0 amide bonds. The second kappa shape index (κ2) is 7.16. The first-order chi connectivity index (χ1) is 11.1. The average Bonchev–Trinajstić information content (AvgIpc) is 2.57. The van der Waals surface area contributed by atoms with Gasteiger partial charge in [-0.25, -0.2) is 8.42 Å². The van der Waals surface area contributed by atoms with Crippen LogP contribution in [0.15, 0.2) is 41.3 Å². The van der Waals surface area contributed by atoms with Crippen molar-refractivity contribution in [1.29, 1.82) is 0 Å². The van der Waals surface area contributed by atoms with E-state index in [0.29, 0.717) is 18.0 Å². The molecule has 0 bridgehead atoms. The molecule has 5 heteroatoms. The molecule has 1 aromatic rings. The molecule has 1 heterocycles. The van der Waals surface area contributed by atoms with E-state index in [1.165, 1.54) is 19.3 Å². The van der Waals surface area contributed by atoms with E-state index < -0.39 is 10.0 Å². The predicted molar refractivity (Wildman–Crippen MR) is 92.9 cm³/mol. The molecule has 1 fully saturated rings. The van der Waals surface area contributed by atoms with Crippen molar-refractivity contribution in [2.45, 2.75) is 31.1 Å². The van der Waals surface area contributed by atoms with Gasteiger partial charge < -0.3 is 4.90 Å². The highest BCUT2D eigenvalue weighted by atomic mass is 32.2. The molecule has 1 atom stereocenters. The average molecular weight is 334 g/mol. The van der Waals surface area contributed by atoms with Crippen molar-refractivity contribution in [2.24, 2.45) is 5.92 Å². The first kappa shape index (κ1) is 16.7. The van der Waals surface area contributed by atoms with Crippen LogP contribution < -0.4 is 0 Å². The van der Waals surface area contributed by atoms with Gasteiger partial charge in [-0.15, -0.1) is 0 Å². The Bertz CT molecular complexity index is 644. The van der Waals surface area contributed by atoms with Crippen molar-refractivity contribution < 1.29 is 8.42 Å². The molecule has 3 rings (SSSR count).